The van der Waals surface area contributed by atoms with Crippen LogP contribution in [-0.2, 0) is 0 Å². The van der Waals surface area contributed by atoms with E-state index in [0.717, 1.165) is 6.54 Å². The molecular formula is C11H24N2O. The molecule has 0 aromatic carbocycles. The summed E-state index contributed by atoms with van der Waals surface area (Å²) in [7, 11) is 0. The van der Waals surface area contributed by atoms with Crippen LogP contribution >= 0.6 is 0 Å². The van der Waals surface area contributed by atoms with Crippen LogP contribution in [0.5, 0.6) is 0 Å². The van der Waals surface area contributed by atoms with Crippen molar-refractivity contribution in [3.8, 4) is 0 Å². The molecule has 0 amide bonds. The Bertz CT molecular complexity index is 151. The predicted octanol–water partition coefficient (Wildman–Crippen LogP) is 0.830. The Morgan fingerprint density at radius 1 is 1.29 bits per heavy atom. The fourth-order valence-corrected chi connectivity index (χ4v) is 1.96. The van der Waals surface area contributed by atoms with Gasteiger partial charge in [-0.15, -0.1) is 0 Å². The Labute approximate surface area is 87.5 Å². The zero-order valence-electron chi connectivity index (χ0n) is 9.66. The van der Waals surface area contributed by atoms with E-state index in [4.69, 9.17) is 5.11 Å². The minimum absolute atomic E-state index is 0.224. The molecule has 0 spiro atoms. The summed E-state index contributed by atoms with van der Waals surface area (Å²) in [5, 5.41) is 12.6. The number of aliphatic hydroxyl groups is 1. The van der Waals surface area contributed by atoms with E-state index in [1.54, 1.807) is 0 Å². The van der Waals surface area contributed by atoms with Crippen LogP contribution in [0.25, 0.3) is 0 Å². The highest BCUT2D eigenvalue weighted by atomic mass is 16.3. The molecule has 84 valence electrons. The summed E-state index contributed by atoms with van der Waals surface area (Å²) in [5.41, 5.74) is 0. The fraction of sp³-hybridized carbons (Fsp3) is 1.00. The van der Waals surface area contributed by atoms with Crippen molar-refractivity contribution in [2.24, 2.45) is 0 Å². The third kappa shape index (κ3) is 3.95. The molecule has 1 rings (SSSR count). The lowest BCUT2D eigenvalue weighted by Gasteiger charge is -2.35. The van der Waals surface area contributed by atoms with E-state index in [9.17, 15) is 0 Å². The Morgan fingerprint density at radius 2 is 1.86 bits per heavy atom. The minimum atomic E-state index is -0.224. The van der Waals surface area contributed by atoms with Crippen molar-refractivity contribution in [3.63, 3.8) is 0 Å². The lowest BCUT2D eigenvalue weighted by Crippen LogP contribution is -2.46. The van der Waals surface area contributed by atoms with E-state index >= 15 is 0 Å². The summed E-state index contributed by atoms with van der Waals surface area (Å²) in [6, 6.07) is 1.28. The van der Waals surface area contributed by atoms with Gasteiger partial charge in [0.1, 0.15) is 0 Å². The maximum Gasteiger partial charge on any atom is 0.0636 e. The number of piperidine rings is 1. The molecule has 0 bridgehead atoms. The first-order chi connectivity index (χ1) is 6.59. The van der Waals surface area contributed by atoms with Gasteiger partial charge in [-0.3, -0.25) is 0 Å². The van der Waals surface area contributed by atoms with Gasteiger partial charge in [-0.1, -0.05) is 0 Å². The standard InChI is InChI=1S/C11H24N2O/c1-9(2)13-6-4-11(5-7-13)12-8-10(3)14/h9-12,14H,4-8H2,1-3H3. The fourth-order valence-electron chi connectivity index (χ4n) is 1.96. The quantitative estimate of drug-likeness (QED) is 0.705. The van der Waals surface area contributed by atoms with Crippen LogP contribution in [0.15, 0.2) is 0 Å². The topological polar surface area (TPSA) is 35.5 Å². The van der Waals surface area contributed by atoms with E-state index in [2.05, 4.69) is 24.1 Å². The van der Waals surface area contributed by atoms with Crippen LogP contribution in [0, 0.1) is 0 Å². The third-order valence-electron chi connectivity index (χ3n) is 2.96. The Balaban J connectivity index is 2.16. The van der Waals surface area contributed by atoms with Crippen LogP contribution in [0.4, 0.5) is 0 Å². The Kier molecular flexibility index (Phi) is 4.85. The van der Waals surface area contributed by atoms with E-state index in [-0.39, 0.29) is 6.10 Å². The Hall–Kier alpha value is -0.120. The second kappa shape index (κ2) is 5.69. The van der Waals surface area contributed by atoms with Crippen LogP contribution < -0.4 is 5.32 Å². The lowest BCUT2D eigenvalue weighted by atomic mass is 10.0. The number of aliphatic hydroxyl groups excluding tert-OH is 1. The first kappa shape index (κ1) is 12.0. The molecule has 0 saturated carbocycles. The zero-order valence-corrected chi connectivity index (χ0v) is 9.66. The number of rotatable bonds is 4. The van der Waals surface area contributed by atoms with Gasteiger partial charge in [0.15, 0.2) is 0 Å². The highest BCUT2D eigenvalue weighted by molar-refractivity contribution is 4.79. The Morgan fingerprint density at radius 3 is 2.29 bits per heavy atom. The van der Waals surface area contributed by atoms with E-state index in [1.165, 1.54) is 25.9 Å². The van der Waals surface area contributed by atoms with Crippen molar-refractivity contribution >= 4 is 0 Å². The molecule has 1 fully saturated rings. The molecule has 0 aromatic heterocycles. The van der Waals surface area contributed by atoms with Crippen LogP contribution in [0.1, 0.15) is 33.6 Å². The van der Waals surface area contributed by atoms with Crippen molar-refractivity contribution in [1.29, 1.82) is 0 Å². The first-order valence-electron chi connectivity index (χ1n) is 5.75. The largest absolute Gasteiger partial charge is 0.392 e. The van der Waals surface area contributed by atoms with Crippen molar-refractivity contribution in [2.75, 3.05) is 19.6 Å². The molecule has 1 saturated heterocycles. The van der Waals surface area contributed by atoms with Gasteiger partial charge >= 0.3 is 0 Å². The van der Waals surface area contributed by atoms with Crippen molar-refractivity contribution in [3.05, 3.63) is 0 Å². The van der Waals surface area contributed by atoms with Gasteiger partial charge < -0.3 is 15.3 Å². The summed E-state index contributed by atoms with van der Waals surface area (Å²) in [4.78, 5) is 2.51. The molecule has 1 heterocycles. The van der Waals surface area contributed by atoms with Crippen molar-refractivity contribution < 1.29 is 5.11 Å². The van der Waals surface area contributed by atoms with Gasteiger partial charge in [0, 0.05) is 18.6 Å². The average Bonchev–Trinajstić information content (AvgIpc) is 2.15. The monoisotopic (exact) mass is 200 g/mol. The summed E-state index contributed by atoms with van der Waals surface area (Å²) in [6.07, 6.45) is 2.20. The number of nitrogens with zero attached hydrogens (tertiary/aromatic N) is 1. The second-order valence-electron chi connectivity index (χ2n) is 4.66. The molecule has 3 nitrogen and oxygen atoms in total. The molecule has 14 heavy (non-hydrogen) atoms. The van der Waals surface area contributed by atoms with Crippen LogP contribution in [0.2, 0.25) is 0 Å². The molecule has 1 unspecified atom stereocenters. The van der Waals surface area contributed by atoms with Gasteiger partial charge in [-0.05, 0) is 46.7 Å². The van der Waals surface area contributed by atoms with Gasteiger partial charge in [0.2, 0.25) is 0 Å². The minimum Gasteiger partial charge on any atom is -0.392 e. The molecule has 2 N–H and O–H groups in total. The lowest BCUT2D eigenvalue weighted by molar-refractivity contribution is 0.144. The summed E-state index contributed by atoms with van der Waals surface area (Å²) in [5.74, 6) is 0. The summed E-state index contributed by atoms with van der Waals surface area (Å²) >= 11 is 0. The summed E-state index contributed by atoms with van der Waals surface area (Å²) < 4.78 is 0. The predicted molar refractivity (Wildman–Crippen MR) is 59.4 cm³/mol. The molecule has 1 aliphatic rings. The summed E-state index contributed by atoms with van der Waals surface area (Å²) in [6.45, 7) is 9.44. The van der Waals surface area contributed by atoms with Gasteiger partial charge in [0.25, 0.3) is 0 Å². The average molecular weight is 200 g/mol. The van der Waals surface area contributed by atoms with Crippen molar-refractivity contribution in [1.82, 2.24) is 10.2 Å². The molecule has 3 heteroatoms. The van der Waals surface area contributed by atoms with Gasteiger partial charge in [-0.2, -0.15) is 0 Å². The number of nitrogens with one attached hydrogen (secondary N) is 1. The van der Waals surface area contributed by atoms with E-state index in [1.807, 2.05) is 6.92 Å². The molecule has 0 aromatic rings. The first-order valence-corrected chi connectivity index (χ1v) is 5.75. The number of likely N-dealkylation sites (tertiary alicyclic amines) is 1. The highest BCUT2D eigenvalue weighted by Crippen LogP contribution is 2.12. The molecule has 0 radical (unpaired) electrons. The zero-order chi connectivity index (χ0) is 10.6. The maximum atomic E-state index is 9.15. The molecule has 1 atom stereocenters. The number of hydrogen-bond acceptors (Lipinski definition) is 3. The maximum absolute atomic E-state index is 9.15. The van der Waals surface area contributed by atoms with Gasteiger partial charge in [0.05, 0.1) is 6.10 Å². The van der Waals surface area contributed by atoms with Gasteiger partial charge in [-0.25, -0.2) is 0 Å². The number of hydrogen-bond donors (Lipinski definition) is 2. The van der Waals surface area contributed by atoms with Crippen LogP contribution in [0.3, 0.4) is 0 Å². The normalized spacial score (nSPS) is 22.9. The SMILES string of the molecule is CC(O)CNC1CCN(C(C)C)CC1. The smallest absolute Gasteiger partial charge is 0.0636 e. The molecule has 1 aliphatic heterocycles. The van der Waals surface area contributed by atoms with Crippen LogP contribution in [-0.4, -0.2) is 47.8 Å². The van der Waals surface area contributed by atoms with E-state index < -0.39 is 0 Å². The highest BCUT2D eigenvalue weighted by Gasteiger charge is 2.20. The van der Waals surface area contributed by atoms with E-state index in [0.29, 0.717) is 12.1 Å². The van der Waals surface area contributed by atoms with Crippen molar-refractivity contribution in [2.45, 2.75) is 51.8 Å². The molecular weight excluding hydrogens is 176 g/mol. The third-order valence-corrected chi connectivity index (χ3v) is 2.96. The molecule has 0 aliphatic carbocycles. The second-order valence-corrected chi connectivity index (χ2v) is 4.66.